The lowest BCUT2D eigenvalue weighted by molar-refractivity contribution is 0.130. The van der Waals surface area contributed by atoms with Crippen LogP contribution >= 0.6 is 15.9 Å². The van der Waals surface area contributed by atoms with E-state index in [2.05, 4.69) is 27.8 Å². The Morgan fingerprint density at radius 1 is 1.56 bits per heavy atom. The maximum atomic E-state index is 11.4. The highest BCUT2D eigenvalue weighted by molar-refractivity contribution is 9.10. The maximum Gasteiger partial charge on any atom is 0.411 e. The number of benzene rings is 1. The molecule has 0 aliphatic carbocycles. The van der Waals surface area contributed by atoms with Crippen LogP contribution in [0.3, 0.4) is 0 Å². The van der Waals surface area contributed by atoms with E-state index in [4.69, 9.17) is 9.47 Å². The number of carbonyl (C=O) groups is 1. The van der Waals surface area contributed by atoms with Gasteiger partial charge in [-0.15, -0.1) is 0 Å². The van der Waals surface area contributed by atoms with Crippen LogP contribution < -0.4 is 10.1 Å². The van der Waals surface area contributed by atoms with E-state index in [0.29, 0.717) is 18.0 Å². The summed E-state index contributed by atoms with van der Waals surface area (Å²) in [4.78, 5) is 11.4. The van der Waals surface area contributed by atoms with Gasteiger partial charge in [0.2, 0.25) is 0 Å². The van der Waals surface area contributed by atoms with Gasteiger partial charge < -0.3 is 9.47 Å². The van der Waals surface area contributed by atoms with Crippen molar-refractivity contribution in [3.63, 3.8) is 0 Å². The molecule has 0 atom stereocenters. The van der Waals surface area contributed by atoms with Crippen molar-refractivity contribution in [2.24, 2.45) is 0 Å². The van der Waals surface area contributed by atoms with Crippen LogP contribution in [0.2, 0.25) is 0 Å². The highest BCUT2D eigenvalue weighted by atomic mass is 79.9. The summed E-state index contributed by atoms with van der Waals surface area (Å²) >= 11 is 3.37. The van der Waals surface area contributed by atoms with Crippen molar-refractivity contribution in [1.29, 1.82) is 0 Å². The molecule has 0 aliphatic rings. The van der Waals surface area contributed by atoms with Gasteiger partial charge in [0.15, 0.2) is 0 Å². The summed E-state index contributed by atoms with van der Waals surface area (Å²) < 4.78 is 11.1. The molecule has 0 saturated carbocycles. The van der Waals surface area contributed by atoms with Gasteiger partial charge in [-0.1, -0.05) is 12.7 Å². The molecule has 0 bridgehead atoms. The molecule has 0 radical (unpaired) electrons. The van der Waals surface area contributed by atoms with Crippen molar-refractivity contribution in [3.05, 3.63) is 35.3 Å². The SMILES string of the molecule is C=CCOc1ccc(NC(=O)OC(C)C)cc1Br. The second-order valence-electron chi connectivity index (χ2n) is 3.82. The van der Waals surface area contributed by atoms with E-state index in [1.54, 1.807) is 38.1 Å². The van der Waals surface area contributed by atoms with E-state index in [1.807, 2.05) is 0 Å². The van der Waals surface area contributed by atoms with Crippen molar-refractivity contribution in [3.8, 4) is 5.75 Å². The summed E-state index contributed by atoms with van der Waals surface area (Å²) in [5.41, 5.74) is 0.637. The van der Waals surface area contributed by atoms with Gasteiger partial charge in [-0.3, -0.25) is 5.32 Å². The molecule has 0 aliphatic heterocycles. The molecule has 4 nitrogen and oxygen atoms in total. The average Bonchev–Trinajstić information content (AvgIpc) is 2.26. The van der Waals surface area contributed by atoms with Crippen LogP contribution in [0.4, 0.5) is 10.5 Å². The summed E-state index contributed by atoms with van der Waals surface area (Å²) in [6.45, 7) is 7.59. The first-order valence-corrected chi connectivity index (χ1v) is 6.33. The Kier molecular flexibility index (Phi) is 5.71. The lowest BCUT2D eigenvalue weighted by atomic mass is 10.3. The second kappa shape index (κ2) is 7.06. The normalized spacial score (nSPS) is 10.0. The molecule has 1 rings (SSSR count). The Labute approximate surface area is 115 Å². The van der Waals surface area contributed by atoms with Gasteiger partial charge in [0, 0.05) is 5.69 Å². The number of anilines is 1. The van der Waals surface area contributed by atoms with Crippen molar-refractivity contribution >= 4 is 27.7 Å². The fraction of sp³-hybridized carbons (Fsp3) is 0.308. The molecule has 0 spiro atoms. The first-order chi connectivity index (χ1) is 8.52. The summed E-state index contributed by atoms with van der Waals surface area (Å²) in [5, 5.41) is 2.63. The molecular weight excluding hydrogens is 298 g/mol. The second-order valence-corrected chi connectivity index (χ2v) is 4.68. The van der Waals surface area contributed by atoms with Gasteiger partial charge in [0.25, 0.3) is 0 Å². The van der Waals surface area contributed by atoms with Crippen LogP contribution in [-0.2, 0) is 4.74 Å². The standard InChI is InChI=1S/C13H16BrNO3/c1-4-7-17-12-6-5-10(8-11(12)14)15-13(16)18-9(2)3/h4-6,8-9H,1,7H2,2-3H3,(H,15,16). The van der Waals surface area contributed by atoms with Crippen molar-refractivity contribution < 1.29 is 14.3 Å². The number of nitrogens with one attached hydrogen (secondary N) is 1. The van der Waals surface area contributed by atoms with E-state index in [-0.39, 0.29) is 6.10 Å². The van der Waals surface area contributed by atoms with Crippen molar-refractivity contribution in [2.45, 2.75) is 20.0 Å². The van der Waals surface area contributed by atoms with Crippen molar-refractivity contribution in [2.75, 3.05) is 11.9 Å². The molecule has 1 amide bonds. The molecule has 18 heavy (non-hydrogen) atoms. The zero-order valence-electron chi connectivity index (χ0n) is 10.4. The van der Waals surface area contributed by atoms with E-state index in [1.165, 1.54) is 0 Å². The predicted octanol–water partition coefficient (Wildman–Crippen LogP) is 3.97. The average molecular weight is 314 g/mol. The molecule has 0 unspecified atom stereocenters. The molecule has 0 fully saturated rings. The van der Waals surface area contributed by atoms with Crippen molar-refractivity contribution in [1.82, 2.24) is 0 Å². The Balaban J connectivity index is 2.66. The van der Waals surface area contributed by atoms with Crippen LogP contribution in [0.15, 0.2) is 35.3 Å². The van der Waals surface area contributed by atoms with Crippen LogP contribution in [0, 0.1) is 0 Å². The minimum absolute atomic E-state index is 0.149. The molecule has 1 aromatic carbocycles. The van der Waals surface area contributed by atoms with E-state index in [0.717, 1.165) is 4.47 Å². The highest BCUT2D eigenvalue weighted by Gasteiger charge is 2.07. The minimum Gasteiger partial charge on any atom is -0.488 e. The summed E-state index contributed by atoms with van der Waals surface area (Å²) in [5.74, 6) is 0.692. The number of hydrogen-bond donors (Lipinski definition) is 1. The predicted molar refractivity (Wildman–Crippen MR) is 75.1 cm³/mol. The fourth-order valence-corrected chi connectivity index (χ4v) is 1.70. The Morgan fingerprint density at radius 2 is 2.28 bits per heavy atom. The molecule has 5 heteroatoms. The molecule has 0 heterocycles. The topological polar surface area (TPSA) is 47.6 Å². The van der Waals surface area contributed by atoms with E-state index in [9.17, 15) is 4.79 Å². The molecule has 0 saturated heterocycles. The molecule has 1 aromatic rings. The first kappa shape index (κ1) is 14.6. The zero-order valence-corrected chi connectivity index (χ0v) is 12.0. The first-order valence-electron chi connectivity index (χ1n) is 5.53. The molecule has 98 valence electrons. The maximum absolute atomic E-state index is 11.4. The van der Waals surface area contributed by atoms with Crippen LogP contribution in [0.1, 0.15) is 13.8 Å². The molecular formula is C13H16BrNO3. The van der Waals surface area contributed by atoms with Gasteiger partial charge >= 0.3 is 6.09 Å². The van der Waals surface area contributed by atoms with Crippen LogP contribution in [0.5, 0.6) is 5.75 Å². The van der Waals surface area contributed by atoms with Gasteiger partial charge in [0.05, 0.1) is 10.6 Å². The smallest absolute Gasteiger partial charge is 0.411 e. The van der Waals surface area contributed by atoms with Gasteiger partial charge in [-0.05, 0) is 48.0 Å². The monoisotopic (exact) mass is 313 g/mol. The molecule has 0 aromatic heterocycles. The fourth-order valence-electron chi connectivity index (χ4n) is 1.21. The van der Waals surface area contributed by atoms with Crippen LogP contribution in [0.25, 0.3) is 0 Å². The third-order valence-corrected chi connectivity index (χ3v) is 2.50. The molecule has 1 N–H and O–H groups in total. The Hall–Kier alpha value is -1.49. The third-order valence-electron chi connectivity index (χ3n) is 1.88. The number of halogens is 1. The van der Waals surface area contributed by atoms with Gasteiger partial charge in [-0.2, -0.15) is 0 Å². The lowest BCUT2D eigenvalue weighted by Gasteiger charge is -2.11. The minimum atomic E-state index is -0.475. The quantitative estimate of drug-likeness (QED) is 0.837. The third kappa shape index (κ3) is 4.79. The number of amides is 1. The largest absolute Gasteiger partial charge is 0.488 e. The number of hydrogen-bond acceptors (Lipinski definition) is 3. The lowest BCUT2D eigenvalue weighted by Crippen LogP contribution is -2.17. The zero-order chi connectivity index (χ0) is 13.5. The van der Waals surface area contributed by atoms with E-state index >= 15 is 0 Å². The van der Waals surface area contributed by atoms with E-state index < -0.39 is 6.09 Å². The Morgan fingerprint density at radius 3 is 2.83 bits per heavy atom. The van der Waals surface area contributed by atoms with Crippen LogP contribution in [-0.4, -0.2) is 18.8 Å². The summed E-state index contributed by atoms with van der Waals surface area (Å²) in [7, 11) is 0. The Bertz CT molecular complexity index is 432. The highest BCUT2D eigenvalue weighted by Crippen LogP contribution is 2.28. The van der Waals surface area contributed by atoms with Gasteiger partial charge in [0.1, 0.15) is 12.4 Å². The number of rotatable bonds is 5. The summed E-state index contributed by atoms with van der Waals surface area (Å²) in [6, 6.07) is 5.25. The number of ether oxygens (including phenoxy) is 2. The summed E-state index contributed by atoms with van der Waals surface area (Å²) in [6.07, 6.45) is 1.04. The number of carbonyl (C=O) groups excluding carboxylic acids is 1. The van der Waals surface area contributed by atoms with Gasteiger partial charge in [-0.25, -0.2) is 4.79 Å².